The average Bonchev–Trinajstić information content (AvgIpc) is 3.43. The van der Waals surface area contributed by atoms with Crippen LogP contribution in [0.3, 0.4) is 0 Å². The Hall–Kier alpha value is -3.10. The highest BCUT2D eigenvalue weighted by molar-refractivity contribution is 5.90. The molecule has 1 aromatic heterocycles. The van der Waals surface area contributed by atoms with E-state index in [9.17, 15) is 0 Å². The van der Waals surface area contributed by atoms with E-state index in [2.05, 4.69) is 76.2 Å². The maximum atomic E-state index is 5.70. The van der Waals surface area contributed by atoms with Crippen molar-refractivity contribution >= 4 is 28.4 Å². The van der Waals surface area contributed by atoms with Gasteiger partial charge in [0.15, 0.2) is 0 Å². The molecule has 3 heterocycles. The largest absolute Gasteiger partial charge is 0.496 e. The van der Waals surface area contributed by atoms with E-state index in [4.69, 9.17) is 14.7 Å². The smallest absolute Gasteiger partial charge is 0.225 e. The lowest BCUT2D eigenvalue weighted by Crippen LogP contribution is -2.39. The minimum absolute atomic E-state index is 0.385. The van der Waals surface area contributed by atoms with E-state index >= 15 is 0 Å². The second-order valence-corrected chi connectivity index (χ2v) is 10.5. The topological polar surface area (TPSA) is 77.6 Å². The second kappa shape index (κ2) is 12.0. The number of fused-ring (bicyclic) bond motifs is 1. The van der Waals surface area contributed by atoms with Crippen molar-refractivity contribution in [2.24, 2.45) is 0 Å². The molecule has 8 heteroatoms. The van der Waals surface area contributed by atoms with Gasteiger partial charge >= 0.3 is 0 Å². The quantitative estimate of drug-likeness (QED) is 0.377. The molecule has 0 aliphatic carbocycles. The van der Waals surface area contributed by atoms with Crippen LogP contribution < -0.4 is 25.6 Å². The van der Waals surface area contributed by atoms with Gasteiger partial charge in [0.1, 0.15) is 11.6 Å². The Morgan fingerprint density at radius 1 is 1.05 bits per heavy atom. The summed E-state index contributed by atoms with van der Waals surface area (Å²) in [6.45, 7) is 4.98. The van der Waals surface area contributed by atoms with E-state index in [1.165, 1.54) is 24.1 Å². The third-order valence-electron chi connectivity index (χ3n) is 7.66. The summed E-state index contributed by atoms with van der Waals surface area (Å²) < 4.78 is 5.70. The first-order chi connectivity index (χ1) is 18.1. The number of piperidine rings is 1. The Bertz CT molecular complexity index is 1170. The van der Waals surface area contributed by atoms with Crippen molar-refractivity contribution < 1.29 is 4.74 Å². The maximum Gasteiger partial charge on any atom is 0.225 e. The number of anilines is 3. The van der Waals surface area contributed by atoms with E-state index in [-0.39, 0.29) is 0 Å². The van der Waals surface area contributed by atoms with Gasteiger partial charge in [-0.25, -0.2) is 4.98 Å². The standard InChI is InChI=1S/C29H41N7O/c1-35(2)26-11-6-12-27(37-3)24(26)20-36-18-14-22(15-19-36)32-28-23-9-4-5-10-25(23)33-29(34-28)31-17-13-21-8-7-16-30-21/h4-6,9-12,21-22,30H,7-8,13-20H2,1-3H3,(H2,31,32,33,34)/t21-/m1/s1. The zero-order chi connectivity index (χ0) is 25.6. The summed E-state index contributed by atoms with van der Waals surface area (Å²) in [7, 11) is 5.94. The summed E-state index contributed by atoms with van der Waals surface area (Å²) >= 11 is 0. The van der Waals surface area contributed by atoms with Crippen molar-refractivity contribution in [2.45, 2.75) is 50.7 Å². The van der Waals surface area contributed by atoms with Gasteiger partial charge in [-0.15, -0.1) is 0 Å². The highest BCUT2D eigenvalue weighted by Crippen LogP contribution is 2.31. The molecular weight excluding hydrogens is 462 g/mol. The SMILES string of the molecule is COc1cccc(N(C)C)c1CN1CCC(Nc2nc(NCC[C@H]3CCCN3)nc3ccccc23)CC1. The van der Waals surface area contributed by atoms with Crippen molar-refractivity contribution in [3.05, 3.63) is 48.0 Å². The van der Waals surface area contributed by atoms with Crippen LogP contribution >= 0.6 is 0 Å². The number of aromatic nitrogens is 2. The summed E-state index contributed by atoms with van der Waals surface area (Å²) in [5, 5.41) is 11.9. The fourth-order valence-corrected chi connectivity index (χ4v) is 5.60. The highest BCUT2D eigenvalue weighted by Gasteiger charge is 2.23. The number of ether oxygens (including phenoxy) is 1. The second-order valence-electron chi connectivity index (χ2n) is 10.5. The maximum absolute atomic E-state index is 5.70. The molecule has 0 amide bonds. The van der Waals surface area contributed by atoms with Gasteiger partial charge in [0.05, 0.1) is 12.6 Å². The molecule has 37 heavy (non-hydrogen) atoms. The van der Waals surface area contributed by atoms with Gasteiger partial charge in [0.2, 0.25) is 5.95 Å². The summed E-state index contributed by atoms with van der Waals surface area (Å²) in [4.78, 5) is 14.4. The molecule has 2 fully saturated rings. The van der Waals surface area contributed by atoms with E-state index < -0.39 is 0 Å². The molecular formula is C29H41N7O. The van der Waals surface area contributed by atoms with Gasteiger partial charge in [0.25, 0.3) is 0 Å². The predicted octanol–water partition coefficient (Wildman–Crippen LogP) is 4.33. The molecule has 0 saturated carbocycles. The molecule has 3 N–H and O–H groups in total. The van der Waals surface area contributed by atoms with Gasteiger partial charge in [-0.05, 0) is 62.9 Å². The summed E-state index contributed by atoms with van der Waals surface area (Å²) in [5.41, 5.74) is 3.45. The van der Waals surface area contributed by atoms with Crippen molar-refractivity contribution in [1.29, 1.82) is 0 Å². The zero-order valence-electron chi connectivity index (χ0n) is 22.5. The summed E-state index contributed by atoms with van der Waals surface area (Å²) in [5.74, 6) is 2.61. The molecule has 2 aromatic carbocycles. The molecule has 8 nitrogen and oxygen atoms in total. The molecule has 2 aliphatic heterocycles. The fourth-order valence-electron chi connectivity index (χ4n) is 5.60. The van der Waals surface area contributed by atoms with Crippen LogP contribution in [0.15, 0.2) is 42.5 Å². The summed E-state index contributed by atoms with van der Waals surface area (Å²) in [6.07, 6.45) is 5.78. The monoisotopic (exact) mass is 503 g/mol. The van der Waals surface area contributed by atoms with Crippen molar-refractivity contribution in [2.75, 3.05) is 62.9 Å². The molecule has 2 saturated heterocycles. The Morgan fingerprint density at radius 3 is 2.65 bits per heavy atom. The van der Waals surface area contributed by atoms with Crippen LogP contribution in [0.1, 0.15) is 37.7 Å². The molecule has 0 unspecified atom stereocenters. The van der Waals surface area contributed by atoms with Crippen molar-refractivity contribution in [3.63, 3.8) is 0 Å². The van der Waals surface area contributed by atoms with Crippen molar-refractivity contribution in [1.82, 2.24) is 20.2 Å². The minimum Gasteiger partial charge on any atom is -0.496 e. The number of benzene rings is 2. The van der Waals surface area contributed by atoms with E-state index in [0.717, 1.165) is 74.5 Å². The lowest BCUT2D eigenvalue weighted by atomic mass is 10.0. The number of nitrogens with zero attached hydrogens (tertiary/aromatic N) is 4. The number of para-hydroxylation sites is 1. The predicted molar refractivity (Wildman–Crippen MR) is 153 cm³/mol. The van der Waals surface area contributed by atoms with Gasteiger partial charge in [-0.3, -0.25) is 4.90 Å². The first-order valence-electron chi connectivity index (χ1n) is 13.7. The lowest BCUT2D eigenvalue weighted by Gasteiger charge is -2.34. The summed E-state index contributed by atoms with van der Waals surface area (Å²) in [6, 6.07) is 15.6. The van der Waals surface area contributed by atoms with Crippen LogP contribution in [-0.4, -0.2) is 74.3 Å². The van der Waals surface area contributed by atoms with Crippen LogP contribution in [0.5, 0.6) is 5.75 Å². The molecule has 0 radical (unpaired) electrons. The van der Waals surface area contributed by atoms with Gasteiger partial charge < -0.3 is 25.6 Å². The Morgan fingerprint density at radius 2 is 1.89 bits per heavy atom. The molecule has 0 spiro atoms. The molecule has 198 valence electrons. The van der Waals surface area contributed by atoms with Gasteiger partial charge in [-0.1, -0.05) is 18.2 Å². The molecule has 1 atom stereocenters. The molecule has 0 bridgehead atoms. The minimum atomic E-state index is 0.385. The Labute approximate surface area is 220 Å². The number of hydrogen-bond donors (Lipinski definition) is 3. The van der Waals surface area contributed by atoms with Crippen LogP contribution in [0.25, 0.3) is 10.9 Å². The third kappa shape index (κ3) is 6.25. The number of likely N-dealkylation sites (tertiary alicyclic amines) is 1. The van der Waals surface area contributed by atoms with Gasteiger partial charge in [-0.2, -0.15) is 4.98 Å². The molecule has 2 aliphatic rings. The van der Waals surface area contributed by atoms with E-state index in [1.54, 1.807) is 7.11 Å². The molecule has 5 rings (SSSR count). The Balaban J connectivity index is 1.22. The normalized spacial score (nSPS) is 18.7. The average molecular weight is 504 g/mol. The molecule has 3 aromatic rings. The number of hydrogen-bond acceptors (Lipinski definition) is 8. The van der Waals surface area contributed by atoms with E-state index in [0.29, 0.717) is 18.0 Å². The number of rotatable bonds is 10. The van der Waals surface area contributed by atoms with Crippen LogP contribution in [0, 0.1) is 0 Å². The Kier molecular flexibility index (Phi) is 8.26. The highest BCUT2D eigenvalue weighted by atomic mass is 16.5. The lowest BCUT2D eigenvalue weighted by molar-refractivity contribution is 0.209. The number of methoxy groups -OCH3 is 1. The number of nitrogens with one attached hydrogen (secondary N) is 3. The van der Waals surface area contributed by atoms with Gasteiger partial charge in [0, 0.05) is 69.0 Å². The van der Waals surface area contributed by atoms with Crippen LogP contribution in [-0.2, 0) is 6.54 Å². The van der Waals surface area contributed by atoms with Crippen molar-refractivity contribution in [3.8, 4) is 5.75 Å². The van der Waals surface area contributed by atoms with E-state index in [1.807, 2.05) is 6.07 Å². The van der Waals surface area contributed by atoms with Crippen LogP contribution in [0.2, 0.25) is 0 Å². The zero-order valence-corrected chi connectivity index (χ0v) is 22.5. The van der Waals surface area contributed by atoms with Crippen LogP contribution in [0.4, 0.5) is 17.5 Å². The third-order valence-corrected chi connectivity index (χ3v) is 7.66. The fraction of sp³-hybridized carbons (Fsp3) is 0.517. The first-order valence-corrected chi connectivity index (χ1v) is 13.7. The first kappa shape index (κ1) is 25.5.